The second kappa shape index (κ2) is 7.96. The molecule has 2 heterocycles. The van der Waals surface area contributed by atoms with E-state index in [9.17, 15) is 9.59 Å². The summed E-state index contributed by atoms with van der Waals surface area (Å²) in [5.74, 6) is -0.139. The number of imidazole rings is 1. The maximum absolute atomic E-state index is 12.4. The van der Waals surface area contributed by atoms with Gasteiger partial charge in [0.2, 0.25) is 0 Å². The van der Waals surface area contributed by atoms with Crippen molar-refractivity contribution in [2.75, 3.05) is 18.0 Å². The van der Waals surface area contributed by atoms with Gasteiger partial charge in [0.1, 0.15) is 0 Å². The number of rotatable bonds is 6. The standard InChI is InChI=1S/C21H21N5O2/c27-20(18-5-7-19(8-6-18)26-12-10-23-21(26)28)24-13-16-1-3-17(4-2-16)14-25-11-9-22-15-25/h1-9,11,15H,10,12-14H2,(H,23,28)(H,24,27). The number of nitrogens with zero attached hydrogens (tertiary/aromatic N) is 3. The van der Waals surface area contributed by atoms with Crippen LogP contribution in [0.3, 0.4) is 0 Å². The van der Waals surface area contributed by atoms with E-state index in [4.69, 9.17) is 0 Å². The van der Waals surface area contributed by atoms with E-state index in [0.717, 1.165) is 17.8 Å². The molecule has 28 heavy (non-hydrogen) atoms. The monoisotopic (exact) mass is 375 g/mol. The molecule has 0 radical (unpaired) electrons. The van der Waals surface area contributed by atoms with E-state index in [1.807, 2.05) is 22.9 Å². The topological polar surface area (TPSA) is 79.3 Å². The number of anilines is 1. The first kappa shape index (κ1) is 17.8. The first-order chi connectivity index (χ1) is 13.7. The zero-order valence-corrected chi connectivity index (χ0v) is 15.3. The smallest absolute Gasteiger partial charge is 0.321 e. The van der Waals surface area contributed by atoms with Crippen LogP contribution in [-0.2, 0) is 13.1 Å². The quantitative estimate of drug-likeness (QED) is 0.694. The first-order valence-corrected chi connectivity index (χ1v) is 9.16. The average Bonchev–Trinajstić information content (AvgIpc) is 3.39. The second-order valence-electron chi connectivity index (χ2n) is 6.66. The SMILES string of the molecule is O=C(NCc1ccc(Cn2ccnc2)cc1)c1ccc(N2CCNC2=O)cc1. The molecule has 0 unspecified atom stereocenters. The van der Waals surface area contributed by atoms with Crippen molar-refractivity contribution in [2.24, 2.45) is 0 Å². The lowest BCUT2D eigenvalue weighted by molar-refractivity contribution is 0.0951. The molecule has 0 saturated carbocycles. The van der Waals surface area contributed by atoms with Gasteiger partial charge in [0.25, 0.3) is 5.91 Å². The van der Waals surface area contributed by atoms with E-state index in [1.54, 1.807) is 41.7 Å². The van der Waals surface area contributed by atoms with Gasteiger partial charge in [0.15, 0.2) is 0 Å². The lowest BCUT2D eigenvalue weighted by atomic mass is 10.1. The lowest BCUT2D eigenvalue weighted by Gasteiger charge is -2.14. The number of carbonyl (C=O) groups is 2. The number of amides is 3. The van der Waals surface area contributed by atoms with Crippen molar-refractivity contribution in [1.29, 1.82) is 0 Å². The van der Waals surface area contributed by atoms with Crippen LogP contribution in [0.1, 0.15) is 21.5 Å². The van der Waals surface area contributed by atoms with Crippen LogP contribution in [0, 0.1) is 0 Å². The van der Waals surface area contributed by atoms with Crippen LogP contribution < -0.4 is 15.5 Å². The summed E-state index contributed by atoms with van der Waals surface area (Å²) in [7, 11) is 0. The maximum atomic E-state index is 12.4. The van der Waals surface area contributed by atoms with Gasteiger partial charge in [0.05, 0.1) is 6.33 Å². The van der Waals surface area contributed by atoms with Gasteiger partial charge >= 0.3 is 6.03 Å². The summed E-state index contributed by atoms with van der Waals surface area (Å²) in [6.45, 7) is 2.51. The molecule has 0 atom stereocenters. The minimum atomic E-state index is -0.139. The van der Waals surface area contributed by atoms with Crippen molar-refractivity contribution in [3.8, 4) is 0 Å². The molecule has 2 aromatic carbocycles. The van der Waals surface area contributed by atoms with E-state index < -0.39 is 0 Å². The number of aromatic nitrogens is 2. The van der Waals surface area contributed by atoms with Crippen molar-refractivity contribution in [1.82, 2.24) is 20.2 Å². The van der Waals surface area contributed by atoms with Crippen LogP contribution >= 0.6 is 0 Å². The van der Waals surface area contributed by atoms with Gasteiger partial charge in [0, 0.05) is 49.8 Å². The van der Waals surface area contributed by atoms with Gasteiger partial charge in [-0.1, -0.05) is 24.3 Å². The van der Waals surface area contributed by atoms with Gasteiger partial charge in [-0.25, -0.2) is 9.78 Å². The fourth-order valence-electron chi connectivity index (χ4n) is 3.15. The lowest BCUT2D eigenvalue weighted by Crippen LogP contribution is -2.27. The average molecular weight is 375 g/mol. The molecule has 0 bridgehead atoms. The summed E-state index contributed by atoms with van der Waals surface area (Å²) in [6, 6.07) is 15.1. The normalized spacial score (nSPS) is 13.4. The molecule has 7 nitrogen and oxygen atoms in total. The van der Waals surface area contributed by atoms with Crippen molar-refractivity contribution >= 4 is 17.6 Å². The highest BCUT2D eigenvalue weighted by Gasteiger charge is 2.21. The zero-order chi connectivity index (χ0) is 19.3. The summed E-state index contributed by atoms with van der Waals surface area (Å²) in [5.41, 5.74) is 3.57. The predicted octanol–water partition coefficient (Wildman–Crippen LogP) is 2.39. The van der Waals surface area contributed by atoms with Gasteiger partial charge < -0.3 is 15.2 Å². The molecule has 1 aromatic heterocycles. The summed E-state index contributed by atoms with van der Waals surface area (Å²) in [6.07, 6.45) is 5.47. The Morgan fingerprint density at radius 1 is 1.07 bits per heavy atom. The Morgan fingerprint density at radius 2 is 1.82 bits per heavy atom. The Kier molecular flexibility index (Phi) is 5.05. The molecule has 4 rings (SSSR count). The van der Waals surface area contributed by atoms with E-state index in [2.05, 4.69) is 27.8 Å². The molecule has 3 amide bonds. The van der Waals surface area contributed by atoms with Gasteiger partial charge in [-0.2, -0.15) is 0 Å². The van der Waals surface area contributed by atoms with Crippen molar-refractivity contribution in [3.63, 3.8) is 0 Å². The molecule has 3 aromatic rings. The minimum Gasteiger partial charge on any atom is -0.348 e. The van der Waals surface area contributed by atoms with Crippen LogP contribution in [-0.4, -0.2) is 34.6 Å². The van der Waals surface area contributed by atoms with E-state index in [1.165, 1.54) is 5.56 Å². The third-order valence-corrected chi connectivity index (χ3v) is 4.70. The molecular weight excluding hydrogens is 354 g/mol. The van der Waals surface area contributed by atoms with Crippen LogP contribution in [0.4, 0.5) is 10.5 Å². The van der Waals surface area contributed by atoms with Crippen molar-refractivity contribution in [3.05, 3.63) is 83.9 Å². The molecule has 142 valence electrons. The minimum absolute atomic E-state index is 0.103. The van der Waals surface area contributed by atoms with E-state index in [0.29, 0.717) is 25.2 Å². The first-order valence-electron chi connectivity index (χ1n) is 9.16. The maximum Gasteiger partial charge on any atom is 0.321 e. The zero-order valence-electron chi connectivity index (χ0n) is 15.3. The van der Waals surface area contributed by atoms with Gasteiger partial charge in [-0.3, -0.25) is 9.69 Å². The number of urea groups is 1. The summed E-state index contributed by atoms with van der Waals surface area (Å²) >= 11 is 0. The van der Waals surface area contributed by atoms with E-state index >= 15 is 0 Å². The predicted molar refractivity (Wildman–Crippen MR) is 106 cm³/mol. The largest absolute Gasteiger partial charge is 0.348 e. The molecule has 1 fully saturated rings. The summed E-state index contributed by atoms with van der Waals surface area (Å²) in [5, 5.41) is 5.69. The third-order valence-electron chi connectivity index (χ3n) is 4.70. The molecule has 0 spiro atoms. The highest BCUT2D eigenvalue weighted by Crippen LogP contribution is 2.17. The van der Waals surface area contributed by atoms with E-state index in [-0.39, 0.29) is 11.9 Å². The van der Waals surface area contributed by atoms with Gasteiger partial charge in [-0.05, 0) is 35.4 Å². The highest BCUT2D eigenvalue weighted by atomic mass is 16.2. The van der Waals surface area contributed by atoms with Crippen LogP contribution in [0.2, 0.25) is 0 Å². The molecule has 0 aliphatic carbocycles. The Hall–Kier alpha value is -3.61. The molecule has 2 N–H and O–H groups in total. The van der Waals surface area contributed by atoms with Crippen LogP contribution in [0.25, 0.3) is 0 Å². The molecule has 1 aliphatic heterocycles. The summed E-state index contributed by atoms with van der Waals surface area (Å²) < 4.78 is 2.01. The van der Waals surface area contributed by atoms with Gasteiger partial charge in [-0.15, -0.1) is 0 Å². The molecule has 1 saturated heterocycles. The fraction of sp³-hybridized carbons (Fsp3) is 0.190. The van der Waals surface area contributed by atoms with Crippen molar-refractivity contribution in [2.45, 2.75) is 13.1 Å². The van der Waals surface area contributed by atoms with Crippen LogP contribution in [0.15, 0.2) is 67.3 Å². The fourth-order valence-corrected chi connectivity index (χ4v) is 3.15. The highest BCUT2D eigenvalue weighted by molar-refractivity contribution is 5.96. The Bertz CT molecular complexity index is 949. The second-order valence-corrected chi connectivity index (χ2v) is 6.66. The number of hydrogen-bond acceptors (Lipinski definition) is 3. The Balaban J connectivity index is 1.32. The number of benzene rings is 2. The Morgan fingerprint density at radius 3 is 2.46 bits per heavy atom. The van der Waals surface area contributed by atoms with Crippen molar-refractivity contribution < 1.29 is 9.59 Å². The summed E-state index contributed by atoms with van der Waals surface area (Å²) in [4.78, 5) is 29.8. The molecule has 1 aliphatic rings. The molecular formula is C21H21N5O2. The number of nitrogens with one attached hydrogen (secondary N) is 2. The Labute approximate surface area is 163 Å². The number of hydrogen-bond donors (Lipinski definition) is 2. The number of carbonyl (C=O) groups excluding carboxylic acids is 2. The van der Waals surface area contributed by atoms with Crippen LogP contribution in [0.5, 0.6) is 0 Å². The third kappa shape index (κ3) is 4.03. The molecule has 7 heteroatoms.